The summed E-state index contributed by atoms with van der Waals surface area (Å²) in [6.45, 7) is 3.78. The number of carbonyl (C=O) groups excluding carboxylic acids is 2. The van der Waals surface area contributed by atoms with Crippen LogP contribution in [0, 0.1) is 0 Å². The summed E-state index contributed by atoms with van der Waals surface area (Å²) >= 11 is 0. The van der Waals surface area contributed by atoms with Crippen LogP contribution in [0.2, 0.25) is 0 Å². The largest absolute Gasteiger partial charge is 0.493 e. The molecule has 32 heavy (non-hydrogen) atoms. The van der Waals surface area contributed by atoms with E-state index >= 15 is 0 Å². The first-order chi connectivity index (χ1) is 15.5. The fourth-order valence-corrected chi connectivity index (χ4v) is 4.41. The summed E-state index contributed by atoms with van der Waals surface area (Å²) in [5.41, 5.74) is 4.28. The zero-order chi connectivity index (χ0) is 23.0. The molecule has 1 atom stereocenters. The van der Waals surface area contributed by atoms with Crippen LogP contribution in [0.4, 0.5) is 0 Å². The average Bonchev–Trinajstić information content (AvgIpc) is 3.08. The number of hydrogen-bond acceptors (Lipinski definition) is 7. The van der Waals surface area contributed by atoms with Gasteiger partial charge in [0.15, 0.2) is 17.3 Å². The lowest BCUT2D eigenvalue weighted by molar-refractivity contribution is -0.138. The molecule has 7 heteroatoms. The molecule has 0 radical (unpaired) electrons. The van der Waals surface area contributed by atoms with E-state index in [2.05, 4.69) is 5.32 Å². The monoisotopic (exact) mass is 435 g/mol. The van der Waals surface area contributed by atoms with Crippen molar-refractivity contribution in [2.45, 2.75) is 19.8 Å². The van der Waals surface area contributed by atoms with Gasteiger partial charge in [-0.25, -0.2) is 4.79 Å². The van der Waals surface area contributed by atoms with Crippen molar-refractivity contribution >= 4 is 17.4 Å². The standard InChI is InChI=1S/C25H25NO6/c1-6-32-25(28)19-13(2)26-22-15-9-7-8-10-16(15)23(27)21(22)20(19)14-11-17(29-3)24(31-5)18(12-14)30-4/h7-12,20,26H,6H2,1-5H3/t20-/m1/s1. The van der Waals surface area contributed by atoms with Gasteiger partial charge in [0.1, 0.15) is 0 Å². The Morgan fingerprint density at radius 3 is 2.19 bits per heavy atom. The quantitative estimate of drug-likeness (QED) is 0.690. The topological polar surface area (TPSA) is 83.1 Å². The molecule has 2 aliphatic rings. The molecule has 2 aromatic rings. The minimum Gasteiger partial charge on any atom is -0.493 e. The lowest BCUT2D eigenvalue weighted by Gasteiger charge is -2.30. The Balaban J connectivity index is 1.98. The second-order valence-electron chi connectivity index (χ2n) is 7.44. The van der Waals surface area contributed by atoms with Gasteiger partial charge >= 0.3 is 5.97 Å². The van der Waals surface area contributed by atoms with E-state index in [-0.39, 0.29) is 12.4 Å². The van der Waals surface area contributed by atoms with Crippen LogP contribution < -0.4 is 19.5 Å². The van der Waals surface area contributed by atoms with Gasteiger partial charge in [0.05, 0.1) is 39.2 Å². The number of esters is 1. The molecule has 4 rings (SSSR count). The van der Waals surface area contributed by atoms with E-state index in [1.54, 1.807) is 25.1 Å². The Labute approximate surface area is 186 Å². The molecule has 1 aliphatic carbocycles. The van der Waals surface area contributed by atoms with E-state index in [0.29, 0.717) is 50.9 Å². The first kappa shape index (κ1) is 21.5. The van der Waals surface area contributed by atoms with E-state index < -0.39 is 11.9 Å². The molecule has 0 amide bonds. The average molecular weight is 435 g/mol. The minimum atomic E-state index is -0.668. The summed E-state index contributed by atoms with van der Waals surface area (Å²) in [6.07, 6.45) is 0. The maximum absolute atomic E-state index is 13.5. The zero-order valence-corrected chi connectivity index (χ0v) is 18.7. The molecule has 7 nitrogen and oxygen atoms in total. The molecule has 1 heterocycles. The molecule has 2 aromatic carbocycles. The zero-order valence-electron chi connectivity index (χ0n) is 18.7. The van der Waals surface area contributed by atoms with Crippen molar-refractivity contribution in [1.29, 1.82) is 0 Å². The maximum atomic E-state index is 13.5. The van der Waals surface area contributed by atoms with E-state index in [1.165, 1.54) is 21.3 Å². The number of fused-ring (bicyclic) bond motifs is 2. The molecule has 1 aliphatic heterocycles. The van der Waals surface area contributed by atoms with Crippen LogP contribution in [0.5, 0.6) is 17.2 Å². The van der Waals surface area contributed by atoms with Crippen molar-refractivity contribution in [2.24, 2.45) is 0 Å². The van der Waals surface area contributed by atoms with E-state index in [1.807, 2.05) is 25.1 Å². The van der Waals surface area contributed by atoms with Crippen LogP contribution >= 0.6 is 0 Å². The summed E-state index contributed by atoms with van der Waals surface area (Å²) in [7, 11) is 4.58. The highest BCUT2D eigenvalue weighted by Crippen LogP contribution is 2.49. The molecular formula is C25H25NO6. The van der Waals surface area contributed by atoms with Crippen molar-refractivity contribution in [3.63, 3.8) is 0 Å². The maximum Gasteiger partial charge on any atom is 0.336 e. The van der Waals surface area contributed by atoms with Gasteiger partial charge in [-0.1, -0.05) is 24.3 Å². The number of carbonyl (C=O) groups is 2. The molecule has 0 unspecified atom stereocenters. The van der Waals surface area contributed by atoms with Gasteiger partial charge in [0.2, 0.25) is 5.75 Å². The second kappa shape index (κ2) is 8.42. The highest BCUT2D eigenvalue weighted by atomic mass is 16.5. The van der Waals surface area contributed by atoms with Crippen LogP contribution in [-0.2, 0) is 9.53 Å². The summed E-state index contributed by atoms with van der Waals surface area (Å²) in [5, 5.41) is 3.28. The van der Waals surface area contributed by atoms with Crippen molar-refractivity contribution in [3.8, 4) is 17.2 Å². The van der Waals surface area contributed by atoms with Crippen LogP contribution in [-0.4, -0.2) is 39.7 Å². The van der Waals surface area contributed by atoms with Crippen LogP contribution in [0.15, 0.2) is 53.2 Å². The van der Waals surface area contributed by atoms with Gasteiger partial charge in [-0.2, -0.15) is 0 Å². The number of dihydropyridines is 1. The molecule has 1 N–H and O–H groups in total. The van der Waals surface area contributed by atoms with Crippen molar-refractivity contribution in [2.75, 3.05) is 27.9 Å². The summed E-state index contributed by atoms with van der Waals surface area (Å²) in [5.74, 6) is 0.0284. The number of nitrogens with one attached hydrogen (secondary N) is 1. The van der Waals surface area contributed by atoms with Crippen molar-refractivity contribution < 1.29 is 28.5 Å². The predicted molar refractivity (Wildman–Crippen MR) is 119 cm³/mol. The van der Waals surface area contributed by atoms with Crippen LogP contribution in [0.25, 0.3) is 5.70 Å². The van der Waals surface area contributed by atoms with Crippen LogP contribution in [0.3, 0.4) is 0 Å². The summed E-state index contributed by atoms with van der Waals surface area (Å²) < 4.78 is 21.9. The summed E-state index contributed by atoms with van der Waals surface area (Å²) in [6, 6.07) is 10.9. The van der Waals surface area contributed by atoms with Gasteiger partial charge < -0.3 is 24.3 Å². The number of benzene rings is 2. The molecule has 0 fully saturated rings. The molecular weight excluding hydrogens is 410 g/mol. The fraction of sp³-hybridized carbons (Fsp3) is 0.280. The Kier molecular flexibility index (Phi) is 5.65. The van der Waals surface area contributed by atoms with E-state index in [0.717, 1.165) is 5.56 Å². The predicted octanol–water partition coefficient (Wildman–Crippen LogP) is 3.84. The SMILES string of the molecule is CCOC(=O)C1=C(C)NC2=C(C(=O)c3ccccc32)[C@@H]1c1cc(OC)c(OC)c(OC)c1. The number of hydrogen-bond donors (Lipinski definition) is 1. The first-order valence-corrected chi connectivity index (χ1v) is 10.3. The van der Waals surface area contributed by atoms with Gasteiger partial charge in [-0.05, 0) is 31.5 Å². The number of ketones is 1. The van der Waals surface area contributed by atoms with Crippen molar-refractivity contribution in [1.82, 2.24) is 5.32 Å². The molecule has 0 spiro atoms. The molecule has 0 saturated heterocycles. The fourth-order valence-electron chi connectivity index (χ4n) is 4.41. The molecule has 166 valence electrons. The Morgan fingerprint density at radius 2 is 1.62 bits per heavy atom. The number of ether oxygens (including phenoxy) is 4. The third-order valence-electron chi connectivity index (χ3n) is 5.76. The number of methoxy groups -OCH3 is 3. The normalized spacial score (nSPS) is 16.9. The minimum absolute atomic E-state index is 0.129. The number of allylic oxidation sites excluding steroid dienone is 2. The number of rotatable bonds is 6. The Bertz CT molecular complexity index is 1150. The lowest BCUT2D eigenvalue weighted by Crippen LogP contribution is -2.29. The van der Waals surface area contributed by atoms with Gasteiger partial charge in [0, 0.05) is 28.3 Å². The summed E-state index contributed by atoms with van der Waals surface area (Å²) in [4.78, 5) is 26.6. The number of Topliss-reactive ketones (excluding diaryl/α,β-unsaturated/α-hetero) is 1. The van der Waals surface area contributed by atoms with Crippen molar-refractivity contribution in [3.05, 3.63) is 69.9 Å². The third kappa shape index (κ3) is 3.21. The van der Waals surface area contributed by atoms with Crippen LogP contribution in [0.1, 0.15) is 41.3 Å². The third-order valence-corrected chi connectivity index (χ3v) is 5.76. The van der Waals surface area contributed by atoms with E-state index in [4.69, 9.17) is 18.9 Å². The van der Waals surface area contributed by atoms with Gasteiger partial charge in [-0.3, -0.25) is 4.79 Å². The second-order valence-corrected chi connectivity index (χ2v) is 7.44. The first-order valence-electron chi connectivity index (χ1n) is 10.3. The van der Waals surface area contributed by atoms with Gasteiger partial charge in [0.25, 0.3) is 0 Å². The Hall–Kier alpha value is -3.74. The molecule has 0 bridgehead atoms. The highest BCUT2D eigenvalue weighted by Gasteiger charge is 2.43. The lowest BCUT2D eigenvalue weighted by atomic mass is 9.79. The highest BCUT2D eigenvalue weighted by molar-refractivity contribution is 6.23. The molecule has 0 aromatic heterocycles. The van der Waals surface area contributed by atoms with Gasteiger partial charge in [-0.15, -0.1) is 0 Å². The van der Waals surface area contributed by atoms with E-state index in [9.17, 15) is 9.59 Å². The Morgan fingerprint density at radius 1 is 1.00 bits per heavy atom. The molecule has 0 saturated carbocycles. The smallest absolute Gasteiger partial charge is 0.336 e.